The summed E-state index contributed by atoms with van der Waals surface area (Å²) < 4.78 is 5.85. The van der Waals surface area contributed by atoms with Crippen LogP contribution in [0.1, 0.15) is 51.5 Å². The Bertz CT molecular complexity index is 828. The number of esters is 1. The molecule has 1 saturated carbocycles. The third-order valence-corrected chi connectivity index (χ3v) is 9.10. The van der Waals surface area contributed by atoms with E-state index in [1.54, 1.807) is 0 Å². The molecule has 2 aliphatic carbocycles. The van der Waals surface area contributed by atoms with E-state index in [4.69, 9.17) is 4.74 Å². The number of carbonyl (C=O) groups is 1. The molecule has 0 aromatic heterocycles. The van der Waals surface area contributed by atoms with Crippen molar-refractivity contribution in [3.8, 4) is 0 Å². The van der Waals surface area contributed by atoms with Crippen LogP contribution in [0.15, 0.2) is 42.0 Å². The Morgan fingerprint density at radius 3 is 2.65 bits per heavy atom. The summed E-state index contributed by atoms with van der Waals surface area (Å²) in [7, 11) is 0. The Morgan fingerprint density at radius 2 is 1.90 bits per heavy atom. The third kappa shape index (κ3) is 3.76. The van der Waals surface area contributed by atoms with Crippen LogP contribution in [0.3, 0.4) is 0 Å². The summed E-state index contributed by atoms with van der Waals surface area (Å²) in [5.41, 5.74) is 2.52. The Hall–Kier alpha value is -1.65. The summed E-state index contributed by atoms with van der Waals surface area (Å²) in [5, 5.41) is 11.5. The second kappa shape index (κ2) is 8.37. The van der Waals surface area contributed by atoms with Gasteiger partial charge in [0, 0.05) is 24.3 Å². The molecule has 0 amide bonds. The van der Waals surface area contributed by atoms with Gasteiger partial charge < -0.3 is 14.7 Å². The van der Waals surface area contributed by atoms with Crippen LogP contribution in [0.2, 0.25) is 0 Å². The van der Waals surface area contributed by atoms with Gasteiger partial charge in [-0.15, -0.1) is 0 Å². The van der Waals surface area contributed by atoms with Crippen molar-refractivity contribution in [2.45, 2.75) is 64.6 Å². The molecule has 0 unspecified atom stereocenters. The molecule has 2 saturated heterocycles. The molecule has 0 spiro atoms. The number of allylic oxidation sites excluding steroid dienone is 1. The van der Waals surface area contributed by atoms with Gasteiger partial charge in [0.1, 0.15) is 6.10 Å². The molecule has 2 heterocycles. The lowest BCUT2D eigenvalue weighted by Gasteiger charge is -2.52. The van der Waals surface area contributed by atoms with Gasteiger partial charge in [-0.3, -0.25) is 4.79 Å². The van der Waals surface area contributed by atoms with Crippen LogP contribution in [-0.4, -0.2) is 47.8 Å². The highest BCUT2D eigenvalue weighted by atomic mass is 16.6. The summed E-state index contributed by atoms with van der Waals surface area (Å²) in [5.74, 6) is 0.803. The van der Waals surface area contributed by atoms with Crippen LogP contribution in [0.25, 0.3) is 0 Å². The van der Waals surface area contributed by atoms with E-state index < -0.39 is 6.10 Å². The largest absolute Gasteiger partial charge is 0.461 e. The fourth-order valence-corrected chi connectivity index (χ4v) is 6.87. The minimum atomic E-state index is -0.500. The van der Waals surface area contributed by atoms with Crippen molar-refractivity contribution in [1.82, 2.24) is 4.90 Å². The minimum absolute atomic E-state index is 0.0720. The number of aliphatic hydroxyl groups is 1. The summed E-state index contributed by atoms with van der Waals surface area (Å²) in [4.78, 5) is 15.3. The molecule has 4 aliphatic rings. The van der Waals surface area contributed by atoms with Gasteiger partial charge in [-0.1, -0.05) is 55.8 Å². The van der Waals surface area contributed by atoms with Gasteiger partial charge in [0.15, 0.2) is 0 Å². The fraction of sp³-hybridized carbons (Fsp3) is 0.667. The standard InChI is InChI=1S/C27H37NO3/c1-18-7-6-10-21-16-23-24(25(29)27(18,21)2)22(26(30)31-23)17-28-13-11-20(12-14-28)15-19-8-4-3-5-9-19/h3-5,8-10,18,20,22-25,29H,6-7,11-17H2,1-2H3/t18-,22+,23+,24+,25-,27+/m0/s1. The fourth-order valence-electron chi connectivity index (χ4n) is 6.87. The molecule has 1 N–H and O–H groups in total. The second-order valence-corrected chi connectivity index (χ2v) is 10.7. The molecule has 4 nitrogen and oxygen atoms in total. The Kier molecular flexibility index (Phi) is 5.72. The quantitative estimate of drug-likeness (QED) is 0.582. The van der Waals surface area contributed by atoms with Gasteiger partial charge in [-0.25, -0.2) is 0 Å². The predicted molar refractivity (Wildman–Crippen MR) is 121 cm³/mol. The van der Waals surface area contributed by atoms with Crippen LogP contribution in [-0.2, 0) is 16.0 Å². The second-order valence-electron chi connectivity index (χ2n) is 10.7. The predicted octanol–water partition coefficient (Wildman–Crippen LogP) is 4.23. The first-order valence-corrected chi connectivity index (χ1v) is 12.3. The maximum absolute atomic E-state index is 12.9. The Labute approximate surface area is 186 Å². The summed E-state index contributed by atoms with van der Waals surface area (Å²) >= 11 is 0. The average Bonchev–Trinajstić information content (AvgIpc) is 3.07. The van der Waals surface area contributed by atoms with Gasteiger partial charge in [-0.2, -0.15) is 0 Å². The maximum atomic E-state index is 12.9. The zero-order valence-electron chi connectivity index (χ0n) is 19.0. The molecule has 1 aromatic carbocycles. The topological polar surface area (TPSA) is 49.8 Å². The average molecular weight is 424 g/mol. The number of nitrogens with zero attached hydrogens (tertiary/aromatic N) is 1. The lowest BCUT2D eigenvalue weighted by atomic mass is 9.55. The molecule has 31 heavy (non-hydrogen) atoms. The van der Waals surface area contributed by atoms with Crippen molar-refractivity contribution >= 4 is 5.97 Å². The van der Waals surface area contributed by atoms with E-state index in [0.29, 0.717) is 5.92 Å². The van der Waals surface area contributed by atoms with Crippen molar-refractivity contribution in [1.29, 1.82) is 0 Å². The molecule has 2 aliphatic heterocycles. The molecule has 6 atom stereocenters. The first-order chi connectivity index (χ1) is 15.0. The number of fused-ring (bicyclic) bond motifs is 2. The lowest BCUT2D eigenvalue weighted by Crippen LogP contribution is -2.55. The lowest BCUT2D eigenvalue weighted by molar-refractivity contribution is -0.145. The monoisotopic (exact) mass is 423 g/mol. The molecule has 0 radical (unpaired) electrons. The van der Waals surface area contributed by atoms with Crippen LogP contribution in [0, 0.1) is 29.1 Å². The zero-order chi connectivity index (χ0) is 21.6. The smallest absolute Gasteiger partial charge is 0.311 e. The number of hydrogen-bond acceptors (Lipinski definition) is 4. The summed E-state index contributed by atoms with van der Waals surface area (Å²) in [6.07, 6.45) is 8.16. The van der Waals surface area contributed by atoms with E-state index >= 15 is 0 Å². The first kappa shape index (κ1) is 21.2. The number of carbonyl (C=O) groups excluding carboxylic acids is 1. The molecule has 0 bridgehead atoms. The highest BCUT2D eigenvalue weighted by Crippen LogP contribution is 2.56. The number of piperidine rings is 1. The van der Waals surface area contributed by atoms with E-state index in [9.17, 15) is 9.90 Å². The highest BCUT2D eigenvalue weighted by Gasteiger charge is 2.59. The van der Waals surface area contributed by atoms with Gasteiger partial charge in [-0.05, 0) is 62.6 Å². The number of benzene rings is 1. The maximum Gasteiger partial charge on any atom is 0.311 e. The van der Waals surface area contributed by atoms with E-state index in [1.165, 1.54) is 24.0 Å². The molecule has 3 fully saturated rings. The molecular weight excluding hydrogens is 386 g/mol. The normalized spacial score (nSPS) is 38.9. The number of aliphatic hydroxyl groups excluding tert-OH is 1. The third-order valence-electron chi connectivity index (χ3n) is 9.10. The van der Waals surface area contributed by atoms with Crippen molar-refractivity contribution < 1.29 is 14.6 Å². The van der Waals surface area contributed by atoms with Gasteiger partial charge in [0.25, 0.3) is 0 Å². The molecular formula is C27H37NO3. The molecule has 1 aromatic rings. The molecule has 5 rings (SSSR count). The Morgan fingerprint density at radius 1 is 1.16 bits per heavy atom. The van der Waals surface area contributed by atoms with Crippen molar-refractivity contribution in [3.05, 3.63) is 47.5 Å². The number of likely N-dealkylation sites (tertiary alicyclic amines) is 1. The van der Waals surface area contributed by atoms with E-state index in [0.717, 1.165) is 51.2 Å². The van der Waals surface area contributed by atoms with Gasteiger partial charge >= 0.3 is 5.97 Å². The number of hydrogen-bond donors (Lipinski definition) is 1. The number of rotatable bonds is 4. The minimum Gasteiger partial charge on any atom is -0.461 e. The summed E-state index contributed by atoms with van der Waals surface area (Å²) in [6, 6.07) is 10.8. The Balaban J connectivity index is 1.24. The van der Waals surface area contributed by atoms with Crippen LogP contribution in [0.5, 0.6) is 0 Å². The van der Waals surface area contributed by atoms with Crippen molar-refractivity contribution in [2.75, 3.05) is 19.6 Å². The highest BCUT2D eigenvalue weighted by molar-refractivity contribution is 5.76. The zero-order valence-corrected chi connectivity index (χ0v) is 19.0. The van der Waals surface area contributed by atoms with E-state index in [2.05, 4.69) is 55.2 Å². The number of ether oxygens (including phenoxy) is 1. The summed E-state index contributed by atoms with van der Waals surface area (Å²) in [6.45, 7) is 7.29. The molecule has 4 heteroatoms. The van der Waals surface area contributed by atoms with E-state index in [1.807, 2.05) is 0 Å². The van der Waals surface area contributed by atoms with Gasteiger partial charge in [0.2, 0.25) is 0 Å². The van der Waals surface area contributed by atoms with E-state index in [-0.39, 0.29) is 29.3 Å². The first-order valence-electron chi connectivity index (χ1n) is 12.3. The van der Waals surface area contributed by atoms with Crippen LogP contribution >= 0.6 is 0 Å². The van der Waals surface area contributed by atoms with Crippen LogP contribution in [0.4, 0.5) is 0 Å². The van der Waals surface area contributed by atoms with Crippen LogP contribution < -0.4 is 0 Å². The van der Waals surface area contributed by atoms with Crippen molar-refractivity contribution in [3.63, 3.8) is 0 Å². The van der Waals surface area contributed by atoms with Gasteiger partial charge in [0.05, 0.1) is 12.0 Å². The van der Waals surface area contributed by atoms with Crippen molar-refractivity contribution in [2.24, 2.45) is 29.1 Å². The SMILES string of the molecule is C[C@H]1CCC=C2C[C@H]3OC(=O)[C@H](CN4CCC(Cc5ccccc5)CC4)[C@H]3[C@H](O)[C@@]21C. The molecule has 168 valence electrons.